The number of amides is 1. The van der Waals surface area contributed by atoms with E-state index in [0.29, 0.717) is 25.4 Å². The first-order valence-corrected chi connectivity index (χ1v) is 6.26. The molecular weight excluding hydrogens is 214 g/mol. The molecule has 2 atom stereocenters. The van der Waals surface area contributed by atoms with Gasteiger partial charge < -0.3 is 10.2 Å². The van der Waals surface area contributed by atoms with Crippen molar-refractivity contribution >= 4 is 5.91 Å². The van der Waals surface area contributed by atoms with E-state index in [9.17, 15) is 4.79 Å². The summed E-state index contributed by atoms with van der Waals surface area (Å²) in [6.07, 6.45) is 0.529. The Labute approximate surface area is 104 Å². The van der Waals surface area contributed by atoms with Crippen molar-refractivity contribution in [2.45, 2.75) is 40.2 Å². The van der Waals surface area contributed by atoms with Crippen LogP contribution in [0.4, 0.5) is 0 Å². The van der Waals surface area contributed by atoms with Crippen LogP contribution in [-0.4, -0.2) is 36.5 Å². The summed E-state index contributed by atoms with van der Waals surface area (Å²) in [5.41, 5.74) is 0.131. The van der Waals surface area contributed by atoms with Crippen LogP contribution in [0.5, 0.6) is 0 Å². The number of carbonyl (C=O) groups excluding carboxylic acids is 1. The van der Waals surface area contributed by atoms with Gasteiger partial charge in [-0.2, -0.15) is 5.26 Å². The maximum absolute atomic E-state index is 12.2. The molecule has 1 N–H and O–H groups in total. The smallest absolute Gasteiger partial charge is 0.224 e. The van der Waals surface area contributed by atoms with Gasteiger partial charge in [0.1, 0.15) is 6.04 Å². The van der Waals surface area contributed by atoms with Gasteiger partial charge in [-0.3, -0.25) is 4.79 Å². The molecule has 1 amide bonds. The number of hydrogen-bond acceptors (Lipinski definition) is 3. The molecule has 1 saturated heterocycles. The van der Waals surface area contributed by atoms with Crippen LogP contribution in [0.25, 0.3) is 0 Å². The molecule has 0 aromatic heterocycles. The second-order valence-corrected chi connectivity index (χ2v) is 5.91. The summed E-state index contributed by atoms with van der Waals surface area (Å²) in [6, 6.07) is 1.89. The molecule has 96 valence electrons. The van der Waals surface area contributed by atoms with E-state index in [-0.39, 0.29) is 17.4 Å². The summed E-state index contributed by atoms with van der Waals surface area (Å²) in [6.45, 7) is 10.6. The van der Waals surface area contributed by atoms with Crippen molar-refractivity contribution < 1.29 is 4.79 Å². The fourth-order valence-corrected chi connectivity index (χ4v) is 1.80. The quantitative estimate of drug-likeness (QED) is 0.789. The Morgan fingerprint density at radius 3 is 2.76 bits per heavy atom. The molecule has 0 bridgehead atoms. The maximum Gasteiger partial charge on any atom is 0.224 e. The van der Waals surface area contributed by atoms with Crippen LogP contribution in [0.1, 0.15) is 34.1 Å². The second kappa shape index (κ2) is 5.50. The van der Waals surface area contributed by atoms with Gasteiger partial charge in [0.2, 0.25) is 5.91 Å². The fourth-order valence-electron chi connectivity index (χ4n) is 1.80. The van der Waals surface area contributed by atoms with Crippen LogP contribution in [0, 0.1) is 22.7 Å². The van der Waals surface area contributed by atoms with Gasteiger partial charge >= 0.3 is 0 Å². The third-order valence-electron chi connectivity index (χ3n) is 3.67. The van der Waals surface area contributed by atoms with E-state index < -0.39 is 0 Å². The minimum absolute atomic E-state index is 0.112. The Kier molecular flexibility index (Phi) is 4.53. The molecule has 0 spiro atoms. The third kappa shape index (κ3) is 3.71. The molecule has 0 aliphatic carbocycles. The van der Waals surface area contributed by atoms with E-state index in [1.165, 1.54) is 0 Å². The number of rotatable bonds is 2. The molecule has 0 aromatic rings. The summed E-state index contributed by atoms with van der Waals surface area (Å²) < 4.78 is 0. The van der Waals surface area contributed by atoms with E-state index in [1.54, 1.807) is 4.90 Å². The molecule has 1 rings (SSSR count). The summed E-state index contributed by atoms with van der Waals surface area (Å²) >= 11 is 0. The van der Waals surface area contributed by atoms with Crippen molar-refractivity contribution in [2.75, 3.05) is 19.6 Å². The zero-order chi connectivity index (χ0) is 13.1. The number of nitriles is 1. The lowest BCUT2D eigenvalue weighted by molar-refractivity contribution is -0.134. The number of piperazine rings is 1. The van der Waals surface area contributed by atoms with Crippen molar-refractivity contribution in [1.29, 1.82) is 5.26 Å². The fraction of sp³-hybridized carbons (Fsp3) is 0.846. The van der Waals surface area contributed by atoms with Crippen molar-refractivity contribution in [3.05, 3.63) is 0 Å². The summed E-state index contributed by atoms with van der Waals surface area (Å²) in [4.78, 5) is 13.9. The lowest BCUT2D eigenvalue weighted by Gasteiger charge is -2.34. The van der Waals surface area contributed by atoms with Crippen LogP contribution < -0.4 is 5.32 Å². The highest BCUT2D eigenvalue weighted by atomic mass is 16.2. The molecule has 0 saturated carbocycles. The highest BCUT2D eigenvalue weighted by Gasteiger charge is 2.30. The first-order chi connectivity index (χ1) is 7.86. The zero-order valence-electron chi connectivity index (χ0n) is 11.3. The lowest BCUT2D eigenvalue weighted by atomic mass is 9.80. The number of nitrogens with zero attached hydrogens (tertiary/aromatic N) is 2. The van der Waals surface area contributed by atoms with Gasteiger partial charge in [0.15, 0.2) is 0 Å². The molecule has 1 aliphatic rings. The van der Waals surface area contributed by atoms with Gasteiger partial charge in [-0.05, 0) is 11.3 Å². The van der Waals surface area contributed by atoms with Crippen LogP contribution >= 0.6 is 0 Å². The van der Waals surface area contributed by atoms with Crippen molar-refractivity contribution in [2.24, 2.45) is 11.3 Å². The van der Waals surface area contributed by atoms with Gasteiger partial charge in [0.05, 0.1) is 6.07 Å². The SMILES string of the molecule is CC(CC(=O)N1CCNCC1C#N)C(C)(C)C. The Hall–Kier alpha value is -1.08. The van der Waals surface area contributed by atoms with Gasteiger partial charge in [-0.15, -0.1) is 0 Å². The van der Waals surface area contributed by atoms with E-state index >= 15 is 0 Å². The molecular formula is C13H23N3O. The average molecular weight is 237 g/mol. The Morgan fingerprint density at radius 1 is 1.59 bits per heavy atom. The number of hydrogen-bond donors (Lipinski definition) is 1. The summed E-state index contributed by atoms with van der Waals surface area (Å²) in [5.74, 6) is 0.435. The highest BCUT2D eigenvalue weighted by molar-refractivity contribution is 5.77. The van der Waals surface area contributed by atoms with Crippen LogP contribution in [0.15, 0.2) is 0 Å². The Morgan fingerprint density at radius 2 is 2.24 bits per heavy atom. The molecule has 1 fully saturated rings. The van der Waals surface area contributed by atoms with E-state index in [4.69, 9.17) is 5.26 Å². The largest absolute Gasteiger partial charge is 0.324 e. The van der Waals surface area contributed by atoms with E-state index in [0.717, 1.165) is 6.54 Å². The minimum atomic E-state index is -0.302. The highest BCUT2D eigenvalue weighted by Crippen LogP contribution is 2.28. The van der Waals surface area contributed by atoms with Crippen molar-refractivity contribution in [3.8, 4) is 6.07 Å². The van der Waals surface area contributed by atoms with E-state index in [2.05, 4.69) is 39.1 Å². The van der Waals surface area contributed by atoms with Crippen LogP contribution in [-0.2, 0) is 4.79 Å². The average Bonchev–Trinajstić information content (AvgIpc) is 2.27. The number of nitrogens with one attached hydrogen (secondary N) is 1. The molecule has 0 radical (unpaired) electrons. The zero-order valence-corrected chi connectivity index (χ0v) is 11.3. The lowest BCUT2D eigenvalue weighted by Crippen LogP contribution is -2.53. The minimum Gasteiger partial charge on any atom is -0.324 e. The predicted molar refractivity (Wildman–Crippen MR) is 67.2 cm³/mol. The van der Waals surface area contributed by atoms with E-state index in [1.807, 2.05) is 0 Å². The Balaban J connectivity index is 2.60. The van der Waals surface area contributed by atoms with Crippen molar-refractivity contribution in [1.82, 2.24) is 10.2 Å². The normalized spacial score (nSPS) is 23.0. The number of carbonyl (C=O) groups is 1. The molecule has 4 nitrogen and oxygen atoms in total. The monoisotopic (exact) mass is 237 g/mol. The molecule has 4 heteroatoms. The molecule has 1 aliphatic heterocycles. The first-order valence-electron chi connectivity index (χ1n) is 6.26. The van der Waals surface area contributed by atoms with Crippen LogP contribution in [0.2, 0.25) is 0 Å². The Bertz CT molecular complexity index is 314. The molecule has 2 unspecified atom stereocenters. The van der Waals surface area contributed by atoms with Crippen LogP contribution in [0.3, 0.4) is 0 Å². The second-order valence-electron chi connectivity index (χ2n) is 5.91. The van der Waals surface area contributed by atoms with Gasteiger partial charge in [-0.25, -0.2) is 0 Å². The summed E-state index contributed by atoms with van der Waals surface area (Å²) in [7, 11) is 0. The van der Waals surface area contributed by atoms with Gasteiger partial charge in [-0.1, -0.05) is 27.7 Å². The standard InChI is InChI=1S/C13H23N3O/c1-10(13(2,3)4)7-12(17)16-6-5-15-9-11(16)8-14/h10-11,15H,5-7,9H2,1-4H3. The third-order valence-corrected chi connectivity index (χ3v) is 3.67. The predicted octanol–water partition coefficient (Wildman–Crippen LogP) is 1.38. The molecule has 1 heterocycles. The molecule has 17 heavy (non-hydrogen) atoms. The van der Waals surface area contributed by atoms with Gasteiger partial charge in [0.25, 0.3) is 0 Å². The molecule has 0 aromatic carbocycles. The van der Waals surface area contributed by atoms with Crippen molar-refractivity contribution in [3.63, 3.8) is 0 Å². The maximum atomic E-state index is 12.2. The van der Waals surface area contributed by atoms with Gasteiger partial charge in [0, 0.05) is 26.1 Å². The summed E-state index contributed by atoms with van der Waals surface area (Å²) in [5, 5.41) is 12.2. The first kappa shape index (κ1) is 14.0. The topological polar surface area (TPSA) is 56.1 Å².